The van der Waals surface area contributed by atoms with Crippen LogP contribution in [0.1, 0.15) is 44.6 Å². The lowest BCUT2D eigenvalue weighted by molar-refractivity contribution is -0.139. The van der Waals surface area contributed by atoms with Crippen LogP contribution in [0.15, 0.2) is 30.3 Å². The van der Waals surface area contributed by atoms with Crippen LogP contribution in [-0.4, -0.2) is 42.0 Å². The smallest absolute Gasteiger partial charge is 0.314 e. The molecule has 2 aliphatic heterocycles. The number of ether oxygens (including phenoxy) is 5. The zero-order chi connectivity index (χ0) is 25.5. The van der Waals surface area contributed by atoms with Crippen molar-refractivity contribution in [3.8, 4) is 34.5 Å². The van der Waals surface area contributed by atoms with E-state index < -0.39 is 11.9 Å². The SMILES string of the molecule is COc1cc(CC(C)C(=O)Oc2cc3c(cc2OC(=O)CCCCC2CCSS2)OCO3)ccc1O. The van der Waals surface area contributed by atoms with Gasteiger partial charge in [0, 0.05) is 29.6 Å². The van der Waals surface area contributed by atoms with Gasteiger partial charge in [-0.1, -0.05) is 41.0 Å². The third-order valence-corrected chi connectivity index (χ3v) is 8.95. The molecule has 1 fully saturated rings. The number of phenols is 1. The topological polar surface area (TPSA) is 101 Å². The summed E-state index contributed by atoms with van der Waals surface area (Å²) >= 11 is 0. The van der Waals surface area contributed by atoms with Crippen LogP contribution >= 0.6 is 21.6 Å². The molecule has 0 aliphatic carbocycles. The highest BCUT2D eigenvalue weighted by Crippen LogP contribution is 2.43. The minimum atomic E-state index is -0.514. The quantitative estimate of drug-likeness (QED) is 0.171. The molecule has 1 saturated heterocycles. The molecule has 0 bridgehead atoms. The lowest BCUT2D eigenvalue weighted by Crippen LogP contribution is -2.20. The van der Waals surface area contributed by atoms with Crippen LogP contribution in [0, 0.1) is 5.92 Å². The number of hydrogen-bond acceptors (Lipinski definition) is 10. The summed E-state index contributed by atoms with van der Waals surface area (Å²) in [5.41, 5.74) is 0.807. The van der Waals surface area contributed by atoms with Crippen molar-refractivity contribution in [3.05, 3.63) is 35.9 Å². The van der Waals surface area contributed by atoms with E-state index in [0.29, 0.717) is 28.9 Å². The molecule has 2 aromatic carbocycles. The Morgan fingerprint density at radius 2 is 1.83 bits per heavy atom. The number of phenolic OH excluding ortho intramolecular Hbond substituents is 1. The van der Waals surface area contributed by atoms with E-state index in [-0.39, 0.29) is 36.4 Å². The number of esters is 2. The van der Waals surface area contributed by atoms with Gasteiger partial charge in [0.1, 0.15) is 0 Å². The van der Waals surface area contributed by atoms with E-state index in [0.717, 1.165) is 24.8 Å². The fraction of sp³-hybridized carbons (Fsp3) is 0.462. The van der Waals surface area contributed by atoms with Gasteiger partial charge in [0.25, 0.3) is 0 Å². The van der Waals surface area contributed by atoms with Crippen molar-refractivity contribution in [1.29, 1.82) is 0 Å². The van der Waals surface area contributed by atoms with Crippen molar-refractivity contribution < 1.29 is 38.4 Å². The molecule has 2 atom stereocenters. The second-order valence-electron chi connectivity index (χ2n) is 8.73. The summed E-state index contributed by atoms with van der Waals surface area (Å²) in [6, 6.07) is 7.95. The van der Waals surface area contributed by atoms with Gasteiger partial charge in [-0.05, 0) is 43.4 Å². The van der Waals surface area contributed by atoms with E-state index in [1.165, 1.54) is 37.5 Å². The highest BCUT2D eigenvalue weighted by atomic mass is 33.1. The van der Waals surface area contributed by atoms with Gasteiger partial charge >= 0.3 is 11.9 Å². The minimum absolute atomic E-state index is 0.0275. The molecular formula is C26H30O8S2. The van der Waals surface area contributed by atoms with E-state index in [9.17, 15) is 14.7 Å². The van der Waals surface area contributed by atoms with E-state index in [4.69, 9.17) is 23.7 Å². The first-order chi connectivity index (χ1) is 17.4. The number of methoxy groups -OCH3 is 1. The zero-order valence-electron chi connectivity index (χ0n) is 20.3. The average Bonchev–Trinajstić information content (AvgIpc) is 3.55. The molecule has 0 aromatic heterocycles. The summed E-state index contributed by atoms with van der Waals surface area (Å²) in [5, 5.41) is 10.5. The normalized spacial score (nSPS) is 17.0. The number of carbonyl (C=O) groups is 2. The molecule has 0 radical (unpaired) electrons. The maximum atomic E-state index is 12.9. The molecule has 36 heavy (non-hydrogen) atoms. The van der Waals surface area contributed by atoms with Crippen molar-refractivity contribution in [3.63, 3.8) is 0 Å². The summed E-state index contributed by atoms with van der Waals surface area (Å²) < 4.78 is 27.2. The number of rotatable bonds is 11. The van der Waals surface area contributed by atoms with Gasteiger partial charge in [-0.25, -0.2) is 0 Å². The van der Waals surface area contributed by atoms with Crippen LogP contribution in [0.25, 0.3) is 0 Å². The number of aromatic hydroxyl groups is 1. The number of carbonyl (C=O) groups excluding carboxylic acids is 2. The second-order valence-corrected chi connectivity index (χ2v) is 11.5. The highest BCUT2D eigenvalue weighted by molar-refractivity contribution is 8.77. The molecule has 8 nitrogen and oxygen atoms in total. The van der Waals surface area contributed by atoms with Crippen LogP contribution in [0.3, 0.4) is 0 Å². The Kier molecular flexibility index (Phi) is 9.14. The molecule has 1 N–H and O–H groups in total. The van der Waals surface area contributed by atoms with Gasteiger partial charge in [-0.3, -0.25) is 9.59 Å². The van der Waals surface area contributed by atoms with Gasteiger partial charge in [-0.2, -0.15) is 0 Å². The standard InChI is InChI=1S/C26H30O8S2/c1-16(11-17-7-8-19(27)20(12-17)30-2)26(29)34-24-14-22-21(31-15-32-22)13-23(24)33-25(28)6-4-3-5-18-9-10-35-36-18/h7-8,12-14,16,18,27H,3-6,9-11,15H2,1-2H3. The Morgan fingerprint density at radius 3 is 2.53 bits per heavy atom. The summed E-state index contributed by atoms with van der Waals surface area (Å²) in [7, 11) is 5.32. The second kappa shape index (κ2) is 12.5. The molecule has 0 spiro atoms. The van der Waals surface area contributed by atoms with Crippen molar-refractivity contribution in [1.82, 2.24) is 0 Å². The third-order valence-electron chi connectivity index (χ3n) is 5.95. The van der Waals surface area contributed by atoms with E-state index in [2.05, 4.69) is 0 Å². The van der Waals surface area contributed by atoms with Crippen LogP contribution < -0.4 is 23.7 Å². The van der Waals surface area contributed by atoms with Crippen LogP contribution in [-0.2, 0) is 16.0 Å². The fourth-order valence-electron chi connectivity index (χ4n) is 3.94. The van der Waals surface area contributed by atoms with Gasteiger partial charge in [0.15, 0.2) is 34.5 Å². The van der Waals surface area contributed by atoms with Crippen LogP contribution in [0.5, 0.6) is 34.5 Å². The third kappa shape index (κ3) is 6.94. The largest absolute Gasteiger partial charge is 0.504 e. The number of unbranched alkanes of at least 4 members (excludes halogenated alkanes) is 1. The Labute approximate surface area is 218 Å². The number of hydrogen-bond donors (Lipinski definition) is 1. The zero-order valence-corrected chi connectivity index (χ0v) is 22.0. The predicted molar refractivity (Wildman–Crippen MR) is 138 cm³/mol. The Hall–Kier alpha value is -2.72. The monoisotopic (exact) mass is 534 g/mol. The first-order valence-electron chi connectivity index (χ1n) is 11.9. The molecule has 194 valence electrons. The minimum Gasteiger partial charge on any atom is -0.504 e. The first-order valence-corrected chi connectivity index (χ1v) is 14.3. The van der Waals surface area contributed by atoms with E-state index >= 15 is 0 Å². The summed E-state index contributed by atoms with van der Waals surface area (Å²) in [6.45, 7) is 1.78. The lowest BCUT2D eigenvalue weighted by Gasteiger charge is -2.15. The van der Waals surface area contributed by atoms with Crippen molar-refractivity contribution in [2.24, 2.45) is 5.92 Å². The molecule has 2 aliphatic rings. The van der Waals surface area contributed by atoms with E-state index in [1.54, 1.807) is 19.1 Å². The van der Waals surface area contributed by atoms with Gasteiger partial charge in [-0.15, -0.1) is 0 Å². The van der Waals surface area contributed by atoms with Gasteiger partial charge in [0.05, 0.1) is 13.0 Å². The Bertz CT molecular complexity index is 1080. The van der Waals surface area contributed by atoms with Crippen molar-refractivity contribution >= 4 is 33.5 Å². The maximum absolute atomic E-state index is 12.9. The number of benzene rings is 2. The number of fused-ring (bicyclic) bond motifs is 1. The summed E-state index contributed by atoms with van der Waals surface area (Å²) in [5.74, 6) is 1.24. The van der Waals surface area contributed by atoms with Crippen molar-refractivity contribution in [2.75, 3.05) is 19.7 Å². The fourth-order valence-corrected chi connectivity index (χ4v) is 6.97. The molecule has 0 saturated carbocycles. The Morgan fingerprint density at radius 1 is 1.08 bits per heavy atom. The average molecular weight is 535 g/mol. The molecule has 10 heteroatoms. The van der Waals surface area contributed by atoms with Crippen molar-refractivity contribution in [2.45, 2.75) is 50.7 Å². The Balaban J connectivity index is 1.37. The summed E-state index contributed by atoms with van der Waals surface area (Å²) in [6.07, 6.45) is 4.69. The van der Waals surface area contributed by atoms with Crippen LogP contribution in [0.2, 0.25) is 0 Å². The molecule has 0 amide bonds. The maximum Gasteiger partial charge on any atom is 0.314 e. The molecular weight excluding hydrogens is 504 g/mol. The summed E-state index contributed by atoms with van der Waals surface area (Å²) in [4.78, 5) is 25.4. The van der Waals surface area contributed by atoms with Gasteiger partial charge in [0.2, 0.25) is 6.79 Å². The molecule has 2 aromatic rings. The molecule has 2 heterocycles. The van der Waals surface area contributed by atoms with E-state index in [1.807, 2.05) is 21.6 Å². The molecule has 2 unspecified atom stereocenters. The predicted octanol–water partition coefficient (Wildman–Crippen LogP) is 5.53. The van der Waals surface area contributed by atoms with Gasteiger partial charge < -0.3 is 28.8 Å². The molecule has 4 rings (SSSR count). The van der Waals surface area contributed by atoms with Crippen LogP contribution in [0.4, 0.5) is 0 Å². The first kappa shape index (κ1) is 26.3. The lowest BCUT2D eigenvalue weighted by atomic mass is 10.0. The highest BCUT2D eigenvalue weighted by Gasteiger charge is 2.25.